The molecule has 0 saturated heterocycles. The van der Waals surface area contributed by atoms with Crippen LogP contribution in [0, 0.1) is 18.3 Å². The topological polar surface area (TPSA) is 80.6 Å². The van der Waals surface area contributed by atoms with E-state index in [9.17, 15) is 10.1 Å². The van der Waals surface area contributed by atoms with E-state index in [1.165, 1.54) is 6.08 Å². The highest BCUT2D eigenvalue weighted by Crippen LogP contribution is 2.30. The van der Waals surface area contributed by atoms with Gasteiger partial charge in [0.05, 0.1) is 14.2 Å². The molecule has 0 unspecified atom stereocenters. The summed E-state index contributed by atoms with van der Waals surface area (Å²) in [6, 6.07) is 22.1. The van der Waals surface area contributed by atoms with E-state index < -0.39 is 5.91 Å². The molecule has 3 rings (SSSR count). The number of ether oxygens (including phenoxy) is 3. The number of nitrogens with zero attached hydrogens (tertiary/aromatic N) is 1. The minimum atomic E-state index is -0.503. The molecule has 1 amide bonds. The van der Waals surface area contributed by atoms with E-state index in [4.69, 9.17) is 14.2 Å². The van der Waals surface area contributed by atoms with E-state index >= 15 is 0 Å². The highest BCUT2D eigenvalue weighted by molar-refractivity contribution is 6.09. The Morgan fingerprint density at radius 1 is 1.00 bits per heavy atom. The first-order chi connectivity index (χ1) is 15.5. The number of amides is 1. The van der Waals surface area contributed by atoms with Crippen LogP contribution in [0.25, 0.3) is 6.08 Å². The minimum Gasteiger partial charge on any atom is -0.497 e. The second kappa shape index (κ2) is 10.7. The fraction of sp³-hybridized carbons (Fsp3) is 0.154. The molecule has 0 spiro atoms. The SMILES string of the molecule is COc1ccc(NC(=O)/C(C#N)=C\c2ccc(OCc3cccc(C)c3)c(OC)c2)cc1. The Labute approximate surface area is 187 Å². The number of anilines is 1. The average Bonchev–Trinajstić information content (AvgIpc) is 2.82. The van der Waals surface area contributed by atoms with Gasteiger partial charge < -0.3 is 19.5 Å². The number of carbonyl (C=O) groups excluding carboxylic acids is 1. The lowest BCUT2D eigenvalue weighted by Crippen LogP contribution is -2.13. The minimum absolute atomic E-state index is 0.0312. The van der Waals surface area contributed by atoms with Gasteiger partial charge in [-0.2, -0.15) is 5.26 Å². The van der Waals surface area contributed by atoms with Crippen LogP contribution >= 0.6 is 0 Å². The molecule has 0 aliphatic carbocycles. The molecule has 0 aliphatic rings. The maximum absolute atomic E-state index is 12.5. The molecule has 0 aliphatic heterocycles. The van der Waals surface area contributed by atoms with Crippen LogP contribution in [0.4, 0.5) is 5.69 Å². The maximum atomic E-state index is 12.5. The first kappa shape index (κ1) is 22.4. The number of nitriles is 1. The predicted molar refractivity (Wildman–Crippen MR) is 124 cm³/mol. The summed E-state index contributed by atoms with van der Waals surface area (Å²) in [4.78, 5) is 12.5. The lowest BCUT2D eigenvalue weighted by Gasteiger charge is -2.12. The molecule has 6 heteroatoms. The maximum Gasteiger partial charge on any atom is 0.266 e. The molecule has 0 bridgehead atoms. The van der Waals surface area contributed by atoms with Crippen LogP contribution in [0.5, 0.6) is 17.2 Å². The van der Waals surface area contributed by atoms with Gasteiger partial charge in [0.1, 0.15) is 24.0 Å². The van der Waals surface area contributed by atoms with Crippen LogP contribution in [-0.2, 0) is 11.4 Å². The second-order valence-corrected chi connectivity index (χ2v) is 7.04. The number of methoxy groups -OCH3 is 2. The van der Waals surface area contributed by atoms with Crippen molar-refractivity contribution in [3.8, 4) is 23.3 Å². The molecular weight excluding hydrogens is 404 g/mol. The first-order valence-electron chi connectivity index (χ1n) is 9.96. The third-order valence-corrected chi connectivity index (χ3v) is 4.69. The zero-order chi connectivity index (χ0) is 22.9. The van der Waals surface area contributed by atoms with E-state index in [2.05, 4.69) is 11.4 Å². The zero-order valence-electron chi connectivity index (χ0n) is 18.2. The summed E-state index contributed by atoms with van der Waals surface area (Å²) in [6.07, 6.45) is 1.51. The van der Waals surface area contributed by atoms with Crippen molar-refractivity contribution < 1.29 is 19.0 Å². The molecular formula is C26H24N2O4. The summed E-state index contributed by atoms with van der Waals surface area (Å²) < 4.78 is 16.4. The fourth-order valence-electron chi connectivity index (χ4n) is 3.04. The van der Waals surface area contributed by atoms with Crippen LogP contribution < -0.4 is 19.5 Å². The van der Waals surface area contributed by atoms with Crippen LogP contribution in [0.15, 0.2) is 72.3 Å². The van der Waals surface area contributed by atoms with Crippen molar-refractivity contribution in [3.63, 3.8) is 0 Å². The predicted octanol–water partition coefficient (Wildman–Crippen LogP) is 5.14. The summed E-state index contributed by atoms with van der Waals surface area (Å²) >= 11 is 0. The third kappa shape index (κ3) is 5.89. The summed E-state index contributed by atoms with van der Waals surface area (Å²) in [5.74, 6) is 1.26. The van der Waals surface area contributed by atoms with Gasteiger partial charge in [-0.3, -0.25) is 4.79 Å². The lowest BCUT2D eigenvalue weighted by molar-refractivity contribution is -0.112. The molecule has 0 radical (unpaired) electrons. The molecule has 3 aromatic carbocycles. The van der Waals surface area contributed by atoms with Crippen molar-refractivity contribution in [2.24, 2.45) is 0 Å². The van der Waals surface area contributed by atoms with Gasteiger partial charge in [0.25, 0.3) is 5.91 Å². The lowest BCUT2D eigenvalue weighted by atomic mass is 10.1. The van der Waals surface area contributed by atoms with Gasteiger partial charge in [-0.15, -0.1) is 0 Å². The van der Waals surface area contributed by atoms with E-state index in [-0.39, 0.29) is 5.57 Å². The highest BCUT2D eigenvalue weighted by atomic mass is 16.5. The van der Waals surface area contributed by atoms with Crippen molar-refractivity contribution in [2.75, 3.05) is 19.5 Å². The Morgan fingerprint density at radius 2 is 1.78 bits per heavy atom. The average molecular weight is 428 g/mol. The van der Waals surface area contributed by atoms with Crippen molar-refractivity contribution in [1.29, 1.82) is 5.26 Å². The first-order valence-corrected chi connectivity index (χ1v) is 9.96. The number of rotatable bonds is 8. The Kier molecular flexibility index (Phi) is 7.50. The summed E-state index contributed by atoms with van der Waals surface area (Å²) in [6.45, 7) is 2.43. The zero-order valence-corrected chi connectivity index (χ0v) is 18.2. The van der Waals surface area contributed by atoms with Gasteiger partial charge in [-0.25, -0.2) is 0 Å². The van der Waals surface area contributed by atoms with Crippen molar-refractivity contribution in [3.05, 3.63) is 89.0 Å². The molecule has 0 heterocycles. The van der Waals surface area contributed by atoms with E-state index in [1.54, 1.807) is 56.7 Å². The summed E-state index contributed by atoms with van der Waals surface area (Å²) in [5.41, 5.74) is 3.39. The Balaban J connectivity index is 1.73. The number of hydrogen-bond donors (Lipinski definition) is 1. The van der Waals surface area contributed by atoms with Crippen molar-refractivity contribution in [1.82, 2.24) is 0 Å². The standard InChI is InChI=1S/C26H24N2O4/c1-18-5-4-6-20(13-18)17-32-24-12-7-19(15-25(24)31-3)14-21(16-27)26(29)28-22-8-10-23(30-2)11-9-22/h4-15H,17H2,1-3H3,(H,28,29)/b21-14-. The summed E-state index contributed by atoms with van der Waals surface area (Å²) in [7, 11) is 3.11. The number of carbonyl (C=O) groups is 1. The molecule has 6 nitrogen and oxygen atoms in total. The Hall–Kier alpha value is -4.24. The largest absolute Gasteiger partial charge is 0.497 e. The fourth-order valence-corrected chi connectivity index (χ4v) is 3.04. The number of benzene rings is 3. The van der Waals surface area contributed by atoms with Gasteiger partial charge >= 0.3 is 0 Å². The third-order valence-electron chi connectivity index (χ3n) is 4.69. The van der Waals surface area contributed by atoms with Gasteiger partial charge in [-0.1, -0.05) is 35.9 Å². The quantitative estimate of drug-likeness (QED) is 0.397. The van der Waals surface area contributed by atoms with Gasteiger partial charge in [0, 0.05) is 5.69 Å². The van der Waals surface area contributed by atoms with Crippen LogP contribution in [-0.4, -0.2) is 20.1 Å². The van der Waals surface area contributed by atoms with Crippen LogP contribution in [0.3, 0.4) is 0 Å². The smallest absolute Gasteiger partial charge is 0.266 e. The van der Waals surface area contributed by atoms with Gasteiger partial charge in [0.15, 0.2) is 11.5 Å². The highest BCUT2D eigenvalue weighted by Gasteiger charge is 2.11. The van der Waals surface area contributed by atoms with Crippen molar-refractivity contribution >= 4 is 17.7 Å². The molecule has 162 valence electrons. The van der Waals surface area contributed by atoms with E-state index in [0.29, 0.717) is 35.1 Å². The Bertz CT molecular complexity index is 1160. The molecule has 3 aromatic rings. The van der Waals surface area contributed by atoms with Crippen LogP contribution in [0.1, 0.15) is 16.7 Å². The molecule has 32 heavy (non-hydrogen) atoms. The monoisotopic (exact) mass is 428 g/mol. The van der Waals surface area contributed by atoms with E-state index in [1.807, 2.05) is 31.2 Å². The normalized spacial score (nSPS) is 10.8. The molecule has 1 N–H and O–H groups in total. The van der Waals surface area contributed by atoms with Crippen LogP contribution in [0.2, 0.25) is 0 Å². The number of nitrogens with one attached hydrogen (secondary N) is 1. The number of aryl methyl sites for hydroxylation is 1. The second-order valence-electron chi connectivity index (χ2n) is 7.04. The van der Waals surface area contributed by atoms with Gasteiger partial charge in [0.2, 0.25) is 0 Å². The van der Waals surface area contributed by atoms with Crippen molar-refractivity contribution in [2.45, 2.75) is 13.5 Å². The molecule has 0 atom stereocenters. The molecule has 0 fully saturated rings. The Morgan fingerprint density at radius 3 is 2.44 bits per heavy atom. The molecule has 0 aromatic heterocycles. The van der Waals surface area contributed by atoms with Gasteiger partial charge in [-0.05, 0) is 60.5 Å². The summed E-state index contributed by atoms with van der Waals surface area (Å²) in [5, 5.41) is 12.2. The number of hydrogen-bond acceptors (Lipinski definition) is 5. The molecule has 0 saturated carbocycles. The van der Waals surface area contributed by atoms with E-state index in [0.717, 1.165) is 11.1 Å².